The zero-order chi connectivity index (χ0) is 61.6. The van der Waals surface area contributed by atoms with Crippen LogP contribution in [0.15, 0.2) is 202 Å². The highest BCUT2D eigenvalue weighted by molar-refractivity contribution is 7.39. The van der Waals surface area contributed by atoms with Gasteiger partial charge in [-0.3, -0.25) is 28.8 Å². The van der Waals surface area contributed by atoms with Crippen LogP contribution in [0, 0.1) is 45.3 Å². The first-order chi connectivity index (χ1) is 43.4. The number of carbonyl (C=O) groups excluding carboxylic acids is 6. The van der Waals surface area contributed by atoms with E-state index in [2.05, 4.69) is 0 Å². The summed E-state index contributed by atoms with van der Waals surface area (Å²) in [7, 11) is 0. The molecule has 89 heavy (non-hydrogen) atoms. The molecule has 4 aliphatic carbocycles. The van der Waals surface area contributed by atoms with Gasteiger partial charge in [-0.05, 0) is 45.5 Å². The average molecular weight is 1220 g/mol. The second kappa shape index (κ2) is 23.0. The minimum atomic E-state index is -2.67. The van der Waals surface area contributed by atoms with E-state index in [1.807, 2.05) is 24.3 Å². The highest BCUT2D eigenvalue weighted by atomic mass is 32.1. The molecule has 6 aromatic carbocycles. The summed E-state index contributed by atoms with van der Waals surface area (Å²) in [5.74, 6) is -6.03. The van der Waals surface area contributed by atoms with E-state index in [0.717, 1.165) is 34.0 Å². The molecule has 0 bridgehead atoms. The summed E-state index contributed by atoms with van der Waals surface area (Å²) >= 11 is 3.29. The van der Waals surface area contributed by atoms with Crippen LogP contribution in [0.4, 0.5) is 0 Å². The van der Waals surface area contributed by atoms with Gasteiger partial charge in [0.05, 0.1) is 30.2 Å². The number of carbonyl (C=O) groups is 6. The van der Waals surface area contributed by atoms with Crippen molar-refractivity contribution >= 4 is 123 Å². The third kappa shape index (κ3) is 9.21. The first-order valence-corrected chi connectivity index (χ1v) is 29.8. The zero-order valence-electron chi connectivity index (χ0n) is 46.1. The Morgan fingerprint density at radius 2 is 0.663 bits per heavy atom. The number of hydrogen-bond acceptors (Lipinski definition) is 19. The van der Waals surface area contributed by atoms with Crippen LogP contribution in [0.2, 0.25) is 0 Å². The average Bonchev–Trinajstić information content (AvgIpc) is 1.52. The van der Waals surface area contributed by atoms with Gasteiger partial charge in [0, 0.05) is 43.2 Å². The Kier molecular flexibility index (Phi) is 14.6. The smallest absolute Gasteiger partial charge is 0.334 e. The van der Waals surface area contributed by atoms with Crippen molar-refractivity contribution in [3.05, 3.63) is 258 Å². The minimum absolute atomic E-state index is 0.0318. The highest BCUT2D eigenvalue weighted by Gasteiger charge is 2.63. The van der Waals surface area contributed by atoms with Gasteiger partial charge in [0.1, 0.15) is 73.3 Å². The molecule has 0 saturated carbocycles. The fourth-order valence-corrected chi connectivity index (χ4v) is 16.0. The Morgan fingerprint density at radius 1 is 0.382 bits per heavy atom. The molecule has 0 amide bonds. The van der Waals surface area contributed by atoms with E-state index in [4.69, 9.17) is 28.9 Å². The maximum absolute atomic E-state index is 15.9. The number of ether oxygens (including phenoxy) is 4. The van der Waals surface area contributed by atoms with E-state index in [1.165, 1.54) is 24.3 Å². The Bertz CT molecular complexity index is 4510. The summed E-state index contributed by atoms with van der Waals surface area (Å²) in [5.41, 5.74) is -4.95. The number of esters is 4. The lowest BCUT2D eigenvalue weighted by Crippen LogP contribution is -2.46. The van der Waals surface area contributed by atoms with Crippen LogP contribution in [0.25, 0.3) is 42.1 Å². The fourth-order valence-electron chi connectivity index (χ4n) is 11.4. The predicted molar refractivity (Wildman–Crippen MR) is 332 cm³/mol. The maximum Gasteiger partial charge on any atom is 0.334 e. The largest absolute Gasteiger partial charge is 0.459 e. The van der Waals surface area contributed by atoms with Crippen LogP contribution in [0.5, 0.6) is 0 Å². The van der Waals surface area contributed by atoms with Crippen LogP contribution in [0.1, 0.15) is 75.0 Å². The summed E-state index contributed by atoms with van der Waals surface area (Å²) in [6.45, 7) is -1.39. The number of hydrogen-bond donors (Lipinski definition) is 0. The number of allylic oxidation sites excluding steroid dienone is 4. The third-order valence-corrected chi connectivity index (χ3v) is 19.4. The number of thiophene rings is 3. The molecule has 4 aliphatic rings. The van der Waals surface area contributed by atoms with E-state index in [9.17, 15) is 30.6 Å². The van der Waals surface area contributed by atoms with Gasteiger partial charge in [0.15, 0.2) is 0 Å². The Hall–Kier alpha value is -11.6. The monoisotopic (exact) mass is 1220 g/mol. The predicted octanol–water partition coefficient (Wildman–Crippen LogP) is 12.6. The SMILES string of the molecule is N#CC(C#N)=C1C(=NC2=Cc3sc4c(sc5c6c(sc54)C=C(N=C4C(=O)c5ccccc5C4=C(C#N)C#N)C6(C(=O)OCc4ccccc4)C(=O)OCc4ccccc4)c3C2(C(=O)OCc2ccccc2)C(=O)OCc2ccccc2)C(=O)c2ccccc21. The molecule has 0 radical (unpaired) electrons. The first kappa shape index (κ1) is 56.5. The molecule has 0 atom stereocenters. The molecule has 19 heteroatoms. The van der Waals surface area contributed by atoms with Crippen molar-refractivity contribution in [2.75, 3.05) is 0 Å². The Balaban J connectivity index is 1.07. The van der Waals surface area contributed by atoms with E-state index in [0.29, 0.717) is 41.4 Å². The van der Waals surface area contributed by atoms with Gasteiger partial charge in [0.25, 0.3) is 0 Å². The van der Waals surface area contributed by atoms with Gasteiger partial charge in [-0.1, -0.05) is 170 Å². The number of nitrogens with zero attached hydrogens (tertiary/aromatic N) is 6. The molecule has 0 N–H and O–H groups in total. The highest BCUT2D eigenvalue weighted by Crippen LogP contribution is 2.61. The molecule has 9 aromatic rings. The van der Waals surface area contributed by atoms with E-state index in [-0.39, 0.29) is 91.7 Å². The molecule has 0 fully saturated rings. The molecular weight excluding hydrogens is 1180 g/mol. The zero-order valence-corrected chi connectivity index (χ0v) is 48.6. The number of nitriles is 4. The van der Waals surface area contributed by atoms with Crippen molar-refractivity contribution in [2.24, 2.45) is 9.98 Å². The summed E-state index contributed by atoms with van der Waals surface area (Å²) in [6, 6.07) is 55.0. The van der Waals surface area contributed by atoms with E-state index >= 15 is 19.2 Å². The van der Waals surface area contributed by atoms with Crippen LogP contribution in [-0.2, 0) is 75.4 Å². The van der Waals surface area contributed by atoms with Crippen LogP contribution in [0.3, 0.4) is 0 Å². The quantitative estimate of drug-likeness (QED) is 0.0424. The maximum atomic E-state index is 15.9. The number of benzene rings is 6. The van der Waals surface area contributed by atoms with Crippen LogP contribution < -0.4 is 0 Å². The Labute approximate surface area is 518 Å². The lowest BCUT2D eigenvalue weighted by Gasteiger charge is -2.28. The second-order valence-electron chi connectivity index (χ2n) is 20.5. The first-order valence-electron chi connectivity index (χ1n) is 27.3. The van der Waals surface area contributed by atoms with E-state index < -0.39 is 68.8 Å². The lowest BCUT2D eigenvalue weighted by molar-refractivity contribution is -0.166. The molecule has 3 heterocycles. The van der Waals surface area contributed by atoms with Crippen molar-refractivity contribution in [3.63, 3.8) is 0 Å². The number of ketones is 2. The van der Waals surface area contributed by atoms with Gasteiger partial charge in [0.2, 0.25) is 22.4 Å². The minimum Gasteiger partial charge on any atom is -0.459 e. The normalized spacial score (nSPS) is 15.4. The summed E-state index contributed by atoms with van der Waals surface area (Å²) in [4.78, 5) is 103. The molecule has 426 valence electrons. The van der Waals surface area contributed by atoms with E-state index in [1.54, 1.807) is 158 Å². The van der Waals surface area contributed by atoms with Crippen molar-refractivity contribution in [2.45, 2.75) is 37.3 Å². The van der Waals surface area contributed by atoms with Gasteiger partial charge in [-0.2, -0.15) is 21.0 Å². The number of Topliss-reactive ketones (excluding diaryl/α,β-unsaturated/α-hetero) is 2. The number of rotatable bonds is 14. The fraction of sp³-hybridized carbons (Fsp3) is 0.0857. The molecule has 0 aliphatic heterocycles. The molecular formula is C70H38N6O10S3. The van der Waals surface area contributed by atoms with Gasteiger partial charge < -0.3 is 18.9 Å². The topological polar surface area (TPSA) is 259 Å². The number of fused-ring (bicyclic) bond motifs is 9. The molecule has 16 nitrogen and oxygen atoms in total. The Morgan fingerprint density at radius 3 is 0.955 bits per heavy atom. The lowest BCUT2D eigenvalue weighted by atomic mass is 9.80. The van der Waals surface area contributed by atoms with Crippen LogP contribution in [-0.4, -0.2) is 46.9 Å². The number of aliphatic imine (C=N–C) groups is 2. The standard InChI is InChI=1S/C70H38N6O10S3/c71-31-43(32-72)53-45-25-13-15-27-47(45)59(77)57(53)75-51-29-49-55(69(51,65(79)83-35-39-17-5-1-6-18-39)66(80)84-36-40-19-7-2-8-20-40)61-63(87-49)64-62(89-61)56-50(88-64)30-52(76-58-54(44(33-73)34-74)46-26-14-16-28-48(46)60(58)78)70(56,67(81)85-37-41-21-9-3-10-22-41)68(82)86-38-42-23-11-4-12-24-42/h1-30H,35-38H2. The van der Waals surface area contributed by atoms with Gasteiger partial charge >= 0.3 is 23.9 Å². The van der Waals surface area contributed by atoms with Crippen molar-refractivity contribution < 1.29 is 47.7 Å². The van der Waals surface area contributed by atoms with Crippen molar-refractivity contribution in [1.29, 1.82) is 21.0 Å². The third-order valence-electron chi connectivity index (χ3n) is 15.5. The molecule has 0 saturated heterocycles. The van der Waals surface area contributed by atoms with Gasteiger partial charge in [-0.25, -0.2) is 9.98 Å². The van der Waals surface area contributed by atoms with Crippen molar-refractivity contribution in [3.8, 4) is 24.3 Å². The van der Waals surface area contributed by atoms with Gasteiger partial charge in [-0.15, -0.1) is 34.0 Å². The second-order valence-corrected chi connectivity index (χ2v) is 23.6. The van der Waals surface area contributed by atoms with Crippen LogP contribution >= 0.6 is 34.0 Å². The molecule has 0 unspecified atom stereocenters. The molecule has 13 rings (SSSR count). The molecule has 3 aromatic heterocycles. The molecule has 0 spiro atoms. The summed E-state index contributed by atoms with van der Waals surface area (Å²) in [6.07, 6.45) is 2.96. The summed E-state index contributed by atoms with van der Waals surface area (Å²) in [5, 5.41) is 41.4. The van der Waals surface area contributed by atoms with Crippen molar-refractivity contribution in [1.82, 2.24) is 0 Å². The summed E-state index contributed by atoms with van der Waals surface area (Å²) < 4.78 is 26.4.